The molecule has 0 atom stereocenters. The molecule has 10 heteroatoms. The number of amides is 2. The van der Waals surface area contributed by atoms with Gasteiger partial charge in [-0.05, 0) is 48.7 Å². The third-order valence-electron chi connectivity index (χ3n) is 5.34. The van der Waals surface area contributed by atoms with E-state index in [1.165, 1.54) is 22.5 Å². The fourth-order valence-corrected chi connectivity index (χ4v) is 4.74. The fourth-order valence-electron chi connectivity index (χ4n) is 3.28. The molecule has 0 saturated heterocycles. The van der Waals surface area contributed by atoms with Crippen LogP contribution in [-0.4, -0.2) is 56.2 Å². The van der Waals surface area contributed by atoms with Crippen LogP contribution in [0, 0.1) is 0 Å². The average molecular weight is 500 g/mol. The van der Waals surface area contributed by atoms with Crippen LogP contribution < -0.4 is 10.6 Å². The Hall–Kier alpha value is -3.50. The number of nitrogens with one attached hydrogen (secondary N) is 2. The maximum Gasteiger partial charge on any atom is 0.331 e. The Kier molecular flexibility index (Phi) is 8.78. The first-order valence-electron chi connectivity index (χ1n) is 11.4. The standard InChI is InChI=1S/C25H29N3O6S/c1-3-28(4-2)35(32,33)20-14-9-18(10-15-20)11-16-24(30)34-17-23(29)27-22-8-6-5-7-21(22)25(31)26-19-12-13-19/h5-11,14-16,19H,3-4,12-13,17H2,1-2H3,(H,26,31)(H,27,29)/b16-11+. The average Bonchev–Trinajstić information content (AvgIpc) is 3.66. The van der Waals surface area contributed by atoms with Gasteiger partial charge in [-0.15, -0.1) is 0 Å². The monoisotopic (exact) mass is 499 g/mol. The van der Waals surface area contributed by atoms with Crippen molar-refractivity contribution in [1.29, 1.82) is 0 Å². The van der Waals surface area contributed by atoms with Gasteiger partial charge >= 0.3 is 5.97 Å². The summed E-state index contributed by atoms with van der Waals surface area (Å²) in [6, 6.07) is 12.9. The number of hydrogen-bond acceptors (Lipinski definition) is 6. The van der Waals surface area contributed by atoms with Gasteiger partial charge in [-0.1, -0.05) is 38.1 Å². The van der Waals surface area contributed by atoms with Gasteiger partial charge in [0.05, 0.1) is 16.1 Å². The molecule has 2 amide bonds. The van der Waals surface area contributed by atoms with Crippen LogP contribution in [0.5, 0.6) is 0 Å². The first-order chi connectivity index (χ1) is 16.7. The Labute approximate surface area is 205 Å². The first-order valence-corrected chi connectivity index (χ1v) is 12.8. The number of hydrogen-bond donors (Lipinski definition) is 2. The molecule has 0 spiro atoms. The van der Waals surface area contributed by atoms with E-state index in [0.717, 1.165) is 18.9 Å². The largest absolute Gasteiger partial charge is 0.452 e. The van der Waals surface area contributed by atoms with Crippen molar-refractivity contribution in [3.63, 3.8) is 0 Å². The molecule has 1 fully saturated rings. The quantitative estimate of drug-likeness (QED) is 0.362. The summed E-state index contributed by atoms with van der Waals surface area (Å²) in [5.74, 6) is -1.58. The molecule has 186 valence electrons. The Morgan fingerprint density at radius 3 is 2.31 bits per heavy atom. The predicted molar refractivity (Wildman–Crippen MR) is 132 cm³/mol. The lowest BCUT2D eigenvalue weighted by Crippen LogP contribution is -2.30. The molecule has 2 aromatic rings. The Balaban J connectivity index is 1.52. The van der Waals surface area contributed by atoms with E-state index in [2.05, 4.69) is 10.6 Å². The van der Waals surface area contributed by atoms with Gasteiger partial charge in [0.1, 0.15) is 0 Å². The van der Waals surface area contributed by atoms with Gasteiger partial charge in [0.15, 0.2) is 6.61 Å². The van der Waals surface area contributed by atoms with Crippen LogP contribution >= 0.6 is 0 Å². The summed E-state index contributed by atoms with van der Waals surface area (Å²) in [4.78, 5) is 36.7. The highest BCUT2D eigenvalue weighted by Gasteiger charge is 2.25. The van der Waals surface area contributed by atoms with Crippen LogP contribution in [0.2, 0.25) is 0 Å². The molecule has 2 N–H and O–H groups in total. The van der Waals surface area contributed by atoms with Crippen molar-refractivity contribution in [3.8, 4) is 0 Å². The molecule has 0 bridgehead atoms. The van der Waals surface area contributed by atoms with E-state index in [-0.39, 0.29) is 16.8 Å². The topological polar surface area (TPSA) is 122 Å². The minimum Gasteiger partial charge on any atom is -0.452 e. The summed E-state index contributed by atoms with van der Waals surface area (Å²) in [5, 5.41) is 5.46. The molecule has 9 nitrogen and oxygen atoms in total. The van der Waals surface area contributed by atoms with Crippen LogP contribution in [-0.2, 0) is 24.3 Å². The van der Waals surface area contributed by atoms with Crippen LogP contribution in [0.15, 0.2) is 59.5 Å². The van der Waals surface area contributed by atoms with Gasteiger partial charge in [0, 0.05) is 25.2 Å². The van der Waals surface area contributed by atoms with Crippen molar-refractivity contribution < 1.29 is 27.5 Å². The molecular weight excluding hydrogens is 470 g/mol. The summed E-state index contributed by atoms with van der Waals surface area (Å²) < 4.78 is 31.4. The number of nitrogens with zero attached hydrogens (tertiary/aromatic N) is 1. The number of sulfonamides is 1. The molecule has 0 heterocycles. The molecule has 0 radical (unpaired) electrons. The number of carbonyl (C=O) groups excluding carboxylic acids is 3. The molecule has 1 aliphatic rings. The smallest absolute Gasteiger partial charge is 0.331 e. The van der Waals surface area contributed by atoms with Crippen LogP contribution in [0.4, 0.5) is 5.69 Å². The lowest BCUT2D eigenvalue weighted by molar-refractivity contribution is -0.142. The van der Waals surface area contributed by atoms with Crippen molar-refractivity contribution in [3.05, 3.63) is 65.7 Å². The van der Waals surface area contributed by atoms with Crippen molar-refractivity contribution in [2.24, 2.45) is 0 Å². The van der Waals surface area contributed by atoms with Crippen LogP contribution in [0.1, 0.15) is 42.6 Å². The summed E-state index contributed by atoms with van der Waals surface area (Å²) in [6.45, 7) is 3.77. The van der Waals surface area contributed by atoms with E-state index in [0.29, 0.717) is 29.9 Å². The van der Waals surface area contributed by atoms with E-state index in [1.54, 1.807) is 50.2 Å². The summed E-state index contributed by atoms with van der Waals surface area (Å²) >= 11 is 0. The maximum absolute atomic E-state index is 12.5. The number of benzene rings is 2. The summed E-state index contributed by atoms with van der Waals surface area (Å²) in [6.07, 6.45) is 4.51. The molecule has 0 aromatic heterocycles. The van der Waals surface area contributed by atoms with Crippen molar-refractivity contribution >= 4 is 39.6 Å². The Morgan fingerprint density at radius 2 is 1.69 bits per heavy atom. The molecule has 3 rings (SSSR count). The van der Waals surface area contributed by atoms with E-state index in [9.17, 15) is 22.8 Å². The maximum atomic E-state index is 12.5. The highest BCUT2D eigenvalue weighted by atomic mass is 32.2. The third-order valence-corrected chi connectivity index (χ3v) is 7.40. The second-order valence-corrected chi connectivity index (χ2v) is 9.88. The third kappa shape index (κ3) is 7.24. The van der Waals surface area contributed by atoms with E-state index >= 15 is 0 Å². The first kappa shape index (κ1) is 26.1. The lowest BCUT2D eigenvalue weighted by atomic mass is 10.1. The van der Waals surface area contributed by atoms with E-state index in [1.807, 2.05) is 0 Å². The molecule has 35 heavy (non-hydrogen) atoms. The molecule has 0 unspecified atom stereocenters. The van der Waals surface area contributed by atoms with Crippen molar-refractivity contribution in [2.75, 3.05) is 25.0 Å². The second-order valence-electron chi connectivity index (χ2n) is 7.94. The predicted octanol–water partition coefficient (Wildman–Crippen LogP) is 2.80. The fraction of sp³-hybridized carbons (Fsp3) is 0.320. The van der Waals surface area contributed by atoms with Gasteiger partial charge in [-0.3, -0.25) is 9.59 Å². The normalized spacial score (nSPS) is 13.6. The number of para-hydroxylation sites is 1. The number of ether oxygens (including phenoxy) is 1. The van der Waals surface area contributed by atoms with Gasteiger partial charge in [-0.25, -0.2) is 13.2 Å². The van der Waals surface area contributed by atoms with Gasteiger partial charge in [0.2, 0.25) is 10.0 Å². The van der Waals surface area contributed by atoms with Crippen molar-refractivity contribution in [2.45, 2.75) is 37.6 Å². The molecule has 1 aliphatic carbocycles. The van der Waals surface area contributed by atoms with E-state index < -0.39 is 28.5 Å². The second kappa shape index (κ2) is 11.8. The number of esters is 1. The Bertz CT molecular complexity index is 1200. The summed E-state index contributed by atoms with van der Waals surface area (Å²) in [5.41, 5.74) is 1.27. The number of anilines is 1. The van der Waals surface area contributed by atoms with Gasteiger partial charge in [-0.2, -0.15) is 4.31 Å². The van der Waals surface area contributed by atoms with Crippen LogP contribution in [0.25, 0.3) is 6.08 Å². The van der Waals surface area contributed by atoms with E-state index in [4.69, 9.17) is 4.74 Å². The van der Waals surface area contributed by atoms with Gasteiger partial charge in [0.25, 0.3) is 11.8 Å². The van der Waals surface area contributed by atoms with Crippen LogP contribution in [0.3, 0.4) is 0 Å². The Morgan fingerprint density at radius 1 is 1.03 bits per heavy atom. The number of carbonyl (C=O) groups is 3. The highest BCUT2D eigenvalue weighted by Crippen LogP contribution is 2.21. The molecule has 1 saturated carbocycles. The molecule has 0 aliphatic heterocycles. The minimum absolute atomic E-state index is 0.170. The zero-order valence-electron chi connectivity index (χ0n) is 19.7. The summed E-state index contributed by atoms with van der Waals surface area (Å²) in [7, 11) is -3.56. The SMILES string of the molecule is CCN(CC)S(=O)(=O)c1ccc(/C=C/C(=O)OCC(=O)Nc2ccccc2C(=O)NC2CC2)cc1. The minimum atomic E-state index is -3.56. The lowest BCUT2D eigenvalue weighted by Gasteiger charge is -2.18. The zero-order chi connectivity index (χ0) is 25.4. The number of rotatable bonds is 11. The molecule has 2 aromatic carbocycles. The zero-order valence-corrected chi connectivity index (χ0v) is 20.5. The molecular formula is C25H29N3O6S. The van der Waals surface area contributed by atoms with Crippen molar-refractivity contribution in [1.82, 2.24) is 9.62 Å². The van der Waals surface area contributed by atoms with Gasteiger partial charge < -0.3 is 15.4 Å². The highest BCUT2D eigenvalue weighted by molar-refractivity contribution is 7.89.